The number of hydrogen-bond acceptors (Lipinski definition) is 3. The summed E-state index contributed by atoms with van der Waals surface area (Å²) >= 11 is 0. The second kappa shape index (κ2) is 6.72. The molecule has 0 radical (unpaired) electrons. The Labute approximate surface area is 130 Å². The molecule has 2 aromatic rings. The van der Waals surface area contributed by atoms with Crippen molar-refractivity contribution < 1.29 is 13.2 Å². The zero-order chi connectivity index (χ0) is 16.2. The van der Waals surface area contributed by atoms with E-state index in [1.165, 1.54) is 13.0 Å². The Balaban J connectivity index is 2.15. The first-order valence-corrected chi connectivity index (χ1v) is 8.28. The molecule has 0 aromatic heterocycles. The number of benzene rings is 2. The van der Waals surface area contributed by atoms with Crippen LogP contribution < -0.4 is 10.0 Å². The van der Waals surface area contributed by atoms with E-state index >= 15 is 0 Å². The number of anilines is 1. The monoisotopic (exact) mass is 318 g/mol. The van der Waals surface area contributed by atoms with E-state index in [1.807, 2.05) is 30.3 Å². The van der Waals surface area contributed by atoms with E-state index in [9.17, 15) is 13.2 Å². The molecule has 0 aliphatic heterocycles. The Morgan fingerprint density at radius 3 is 2.36 bits per heavy atom. The number of sulfonamides is 1. The predicted molar refractivity (Wildman–Crippen MR) is 86.0 cm³/mol. The van der Waals surface area contributed by atoms with Gasteiger partial charge in [0.05, 0.1) is 4.90 Å². The van der Waals surface area contributed by atoms with Gasteiger partial charge in [0.2, 0.25) is 15.9 Å². The summed E-state index contributed by atoms with van der Waals surface area (Å²) in [6.07, 6.45) is 0. The standard InChI is InChI=1S/C16H18N2O3S/c1-12-10-15(8-9-16(12)18-13(2)19)22(20,21)17-11-14-6-4-3-5-7-14/h3-10,17H,11H2,1-2H3,(H,18,19). The Kier molecular flexibility index (Phi) is 4.95. The number of aryl methyl sites for hydroxylation is 1. The normalized spacial score (nSPS) is 11.2. The molecule has 6 heteroatoms. The molecule has 0 saturated carbocycles. The van der Waals surface area contributed by atoms with Crippen LogP contribution in [0.4, 0.5) is 5.69 Å². The van der Waals surface area contributed by atoms with E-state index in [4.69, 9.17) is 0 Å². The largest absolute Gasteiger partial charge is 0.326 e. The van der Waals surface area contributed by atoms with Gasteiger partial charge in [0, 0.05) is 19.2 Å². The molecule has 5 nitrogen and oxygen atoms in total. The third-order valence-electron chi connectivity index (χ3n) is 3.13. The minimum atomic E-state index is -3.59. The lowest BCUT2D eigenvalue weighted by atomic mass is 10.2. The van der Waals surface area contributed by atoms with Crippen LogP contribution in [0.25, 0.3) is 0 Å². The lowest BCUT2D eigenvalue weighted by molar-refractivity contribution is -0.114. The Hall–Kier alpha value is -2.18. The van der Waals surface area contributed by atoms with Crippen molar-refractivity contribution in [3.63, 3.8) is 0 Å². The highest BCUT2D eigenvalue weighted by molar-refractivity contribution is 7.89. The molecule has 0 bridgehead atoms. The van der Waals surface area contributed by atoms with E-state index in [2.05, 4.69) is 10.0 Å². The molecule has 0 atom stereocenters. The molecule has 2 aromatic carbocycles. The van der Waals surface area contributed by atoms with E-state index < -0.39 is 10.0 Å². The summed E-state index contributed by atoms with van der Waals surface area (Å²) in [5.41, 5.74) is 2.19. The molecule has 0 aliphatic rings. The molecule has 0 spiro atoms. The summed E-state index contributed by atoms with van der Waals surface area (Å²) in [5, 5.41) is 2.66. The van der Waals surface area contributed by atoms with Gasteiger partial charge in [-0.05, 0) is 36.2 Å². The smallest absolute Gasteiger partial charge is 0.240 e. The molecule has 22 heavy (non-hydrogen) atoms. The van der Waals surface area contributed by atoms with Gasteiger partial charge in [-0.15, -0.1) is 0 Å². The van der Waals surface area contributed by atoms with Gasteiger partial charge in [-0.2, -0.15) is 0 Å². The lowest BCUT2D eigenvalue weighted by Gasteiger charge is -2.10. The molecule has 1 amide bonds. The van der Waals surface area contributed by atoms with Gasteiger partial charge in [0.25, 0.3) is 0 Å². The first kappa shape index (κ1) is 16.2. The molecule has 2 rings (SSSR count). The number of hydrogen-bond donors (Lipinski definition) is 2. The van der Waals surface area contributed by atoms with Gasteiger partial charge >= 0.3 is 0 Å². The molecular weight excluding hydrogens is 300 g/mol. The van der Waals surface area contributed by atoms with Crippen molar-refractivity contribution in [1.29, 1.82) is 0 Å². The van der Waals surface area contributed by atoms with Crippen LogP contribution in [0.3, 0.4) is 0 Å². The zero-order valence-corrected chi connectivity index (χ0v) is 13.3. The average molecular weight is 318 g/mol. The van der Waals surface area contributed by atoms with Crippen LogP contribution >= 0.6 is 0 Å². The minimum absolute atomic E-state index is 0.176. The SMILES string of the molecule is CC(=O)Nc1ccc(S(=O)(=O)NCc2ccccc2)cc1C. The highest BCUT2D eigenvalue weighted by Crippen LogP contribution is 2.19. The van der Waals surface area contributed by atoms with Crippen molar-refractivity contribution in [1.82, 2.24) is 4.72 Å². The third kappa shape index (κ3) is 4.16. The number of nitrogens with one attached hydrogen (secondary N) is 2. The fraction of sp³-hybridized carbons (Fsp3) is 0.188. The highest BCUT2D eigenvalue weighted by Gasteiger charge is 2.15. The second-order valence-corrected chi connectivity index (χ2v) is 6.74. The number of carbonyl (C=O) groups excluding carboxylic acids is 1. The van der Waals surface area contributed by atoms with E-state index in [-0.39, 0.29) is 17.3 Å². The number of carbonyl (C=O) groups is 1. The second-order valence-electron chi connectivity index (χ2n) is 4.97. The summed E-state index contributed by atoms with van der Waals surface area (Å²) in [6, 6.07) is 13.9. The maximum atomic E-state index is 12.3. The van der Waals surface area contributed by atoms with Crippen molar-refractivity contribution in [3.05, 3.63) is 59.7 Å². The minimum Gasteiger partial charge on any atom is -0.326 e. The molecule has 0 saturated heterocycles. The van der Waals surface area contributed by atoms with Gasteiger partial charge in [-0.3, -0.25) is 4.79 Å². The topological polar surface area (TPSA) is 75.3 Å². The van der Waals surface area contributed by atoms with Gasteiger partial charge in [-0.25, -0.2) is 13.1 Å². The molecule has 116 valence electrons. The van der Waals surface area contributed by atoms with Crippen LogP contribution in [0, 0.1) is 6.92 Å². The molecule has 0 unspecified atom stereocenters. The van der Waals surface area contributed by atoms with Crippen LogP contribution in [0.5, 0.6) is 0 Å². The maximum Gasteiger partial charge on any atom is 0.240 e. The van der Waals surface area contributed by atoms with Crippen LogP contribution in [0.1, 0.15) is 18.1 Å². The van der Waals surface area contributed by atoms with Gasteiger partial charge < -0.3 is 5.32 Å². The van der Waals surface area contributed by atoms with E-state index in [0.29, 0.717) is 11.3 Å². The van der Waals surface area contributed by atoms with Crippen molar-refractivity contribution in [2.45, 2.75) is 25.3 Å². The summed E-state index contributed by atoms with van der Waals surface area (Å²) in [5.74, 6) is -0.194. The van der Waals surface area contributed by atoms with Crippen molar-refractivity contribution in [2.24, 2.45) is 0 Å². The van der Waals surface area contributed by atoms with Gasteiger partial charge in [0.15, 0.2) is 0 Å². The van der Waals surface area contributed by atoms with E-state index in [0.717, 1.165) is 5.56 Å². The van der Waals surface area contributed by atoms with Gasteiger partial charge in [0.1, 0.15) is 0 Å². The number of amides is 1. The summed E-state index contributed by atoms with van der Waals surface area (Å²) in [4.78, 5) is 11.2. The molecule has 0 heterocycles. The Bertz CT molecular complexity index is 771. The number of rotatable bonds is 5. The van der Waals surface area contributed by atoms with Crippen LogP contribution in [-0.4, -0.2) is 14.3 Å². The van der Waals surface area contributed by atoms with Crippen LogP contribution in [0.15, 0.2) is 53.4 Å². The molecular formula is C16H18N2O3S. The zero-order valence-electron chi connectivity index (χ0n) is 12.5. The van der Waals surface area contributed by atoms with Crippen LogP contribution in [0.2, 0.25) is 0 Å². The Morgan fingerprint density at radius 2 is 1.77 bits per heavy atom. The molecule has 0 fully saturated rings. The highest BCUT2D eigenvalue weighted by atomic mass is 32.2. The van der Waals surface area contributed by atoms with Crippen molar-refractivity contribution in [2.75, 3.05) is 5.32 Å². The average Bonchev–Trinajstić information content (AvgIpc) is 2.48. The summed E-state index contributed by atoms with van der Waals surface area (Å²) in [7, 11) is -3.59. The Morgan fingerprint density at radius 1 is 1.09 bits per heavy atom. The van der Waals surface area contributed by atoms with Crippen LogP contribution in [-0.2, 0) is 21.4 Å². The van der Waals surface area contributed by atoms with Gasteiger partial charge in [-0.1, -0.05) is 30.3 Å². The predicted octanol–water partition coefficient (Wildman–Crippen LogP) is 2.43. The van der Waals surface area contributed by atoms with Crippen molar-refractivity contribution >= 4 is 21.6 Å². The molecule has 0 aliphatic carbocycles. The summed E-state index contributed by atoms with van der Waals surface area (Å²) in [6.45, 7) is 3.39. The maximum absolute atomic E-state index is 12.3. The first-order chi connectivity index (χ1) is 10.4. The third-order valence-corrected chi connectivity index (χ3v) is 4.53. The first-order valence-electron chi connectivity index (χ1n) is 6.80. The summed E-state index contributed by atoms with van der Waals surface area (Å²) < 4.78 is 27.1. The quantitative estimate of drug-likeness (QED) is 0.889. The molecule has 2 N–H and O–H groups in total. The fourth-order valence-corrected chi connectivity index (χ4v) is 3.09. The van der Waals surface area contributed by atoms with Crippen molar-refractivity contribution in [3.8, 4) is 0 Å². The fourth-order valence-electron chi connectivity index (χ4n) is 1.99. The van der Waals surface area contributed by atoms with E-state index in [1.54, 1.807) is 19.1 Å². The lowest BCUT2D eigenvalue weighted by Crippen LogP contribution is -2.23.